The summed E-state index contributed by atoms with van der Waals surface area (Å²) in [5.41, 5.74) is 0. The van der Waals surface area contributed by atoms with Gasteiger partial charge in [0, 0.05) is 12.6 Å². The molecule has 0 aromatic carbocycles. The van der Waals surface area contributed by atoms with Crippen molar-refractivity contribution >= 4 is 39.8 Å². The summed E-state index contributed by atoms with van der Waals surface area (Å²) in [4.78, 5) is 4.76. The molecule has 1 aliphatic carbocycles. The minimum atomic E-state index is -2.83. The summed E-state index contributed by atoms with van der Waals surface area (Å²) in [5.74, 6) is 1.66. The van der Waals surface area contributed by atoms with Gasteiger partial charge in [0.25, 0.3) is 0 Å². The molecule has 2 bridgehead atoms. The quantitative estimate of drug-likeness (QED) is 0.363. The van der Waals surface area contributed by atoms with E-state index in [0.717, 1.165) is 25.2 Å². The van der Waals surface area contributed by atoms with Crippen LogP contribution >= 0.6 is 24.0 Å². The number of aliphatic imine (C=N–C) groups is 1. The van der Waals surface area contributed by atoms with Crippen LogP contribution in [-0.4, -0.2) is 56.7 Å². The molecule has 2 N–H and O–H groups in total. The number of nitrogens with zero attached hydrogens (tertiary/aromatic N) is 1. The number of hydrogen-bond donors (Lipinski definition) is 2. The van der Waals surface area contributed by atoms with Crippen molar-refractivity contribution in [1.82, 2.24) is 10.6 Å². The Morgan fingerprint density at radius 2 is 1.88 bits per heavy atom. The van der Waals surface area contributed by atoms with Gasteiger partial charge >= 0.3 is 0 Å². The summed E-state index contributed by atoms with van der Waals surface area (Å²) >= 11 is 0. The van der Waals surface area contributed by atoms with Crippen LogP contribution in [0.1, 0.15) is 51.4 Å². The topological polar surface area (TPSA) is 79.8 Å². The molecular formula is C17H30IN3O3S. The first-order valence-electron chi connectivity index (χ1n) is 9.51. The van der Waals surface area contributed by atoms with Crippen LogP contribution in [0.2, 0.25) is 0 Å². The molecule has 0 radical (unpaired) electrons. The first kappa shape index (κ1) is 19.7. The van der Waals surface area contributed by atoms with Gasteiger partial charge in [-0.15, -0.1) is 24.0 Å². The lowest BCUT2D eigenvalue weighted by Crippen LogP contribution is -2.50. The zero-order chi connectivity index (χ0) is 16.6. The first-order chi connectivity index (χ1) is 11.6. The Hall–Kier alpha value is -0.0900. The molecule has 144 valence electrons. The molecular weight excluding hydrogens is 453 g/mol. The predicted octanol–water partition coefficient (Wildman–Crippen LogP) is 1.84. The molecule has 1 saturated carbocycles. The molecule has 3 heterocycles. The Balaban J connectivity index is 0.00000182. The van der Waals surface area contributed by atoms with Crippen LogP contribution < -0.4 is 10.6 Å². The normalized spacial score (nSPS) is 37.2. The van der Waals surface area contributed by atoms with Gasteiger partial charge in [-0.3, -0.25) is 4.99 Å². The lowest BCUT2D eigenvalue weighted by atomic mass is 9.96. The second-order valence-electron chi connectivity index (χ2n) is 7.94. The van der Waals surface area contributed by atoms with Gasteiger partial charge in [0.05, 0.1) is 29.8 Å². The highest BCUT2D eigenvalue weighted by atomic mass is 127. The van der Waals surface area contributed by atoms with Crippen LogP contribution in [0.4, 0.5) is 0 Å². The van der Waals surface area contributed by atoms with E-state index in [1.165, 1.54) is 32.1 Å². The summed E-state index contributed by atoms with van der Waals surface area (Å²) in [6.45, 7) is 0.600. The van der Waals surface area contributed by atoms with Crippen molar-refractivity contribution in [3.8, 4) is 0 Å². The van der Waals surface area contributed by atoms with Crippen LogP contribution in [-0.2, 0) is 14.6 Å². The molecule has 6 nitrogen and oxygen atoms in total. The Morgan fingerprint density at radius 1 is 1.08 bits per heavy atom. The Morgan fingerprint density at radius 3 is 2.48 bits per heavy atom. The van der Waals surface area contributed by atoms with Crippen LogP contribution in [0.25, 0.3) is 0 Å². The van der Waals surface area contributed by atoms with E-state index in [-0.39, 0.29) is 29.9 Å². The van der Waals surface area contributed by atoms with Crippen molar-refractivity contribution in [1.29, 1.82) is 0 Å². The maximum atomic E-state index is 11.6. The molecule has 0 aromatic rings. The molecule has 4 unspecified atom stereocenters. The molecule has 4 atom stereocenters. The molecule has 3 saturated heterocycles. The molecule has 4 aliphatic rings. The summed E-state index contributed by atoms with van der Waals surface area (Å²) in [6, 6.07) is 0.854. The number of nitrogens with one attached hydrogen (secondary N) is 2. The van der Waals surface area contributed by atoms with E-state index >= 15 is 0 Å². The van der Waals surface area contributed by atoms with E-state index in [0.29, 0.717) is 42.3 Å². The van der Waals surface area contributed by atoms with Gasteiger partial charge in [0.15, 0.2) is 15.8 Å². The number of ether oxygens (including phenoxy) is 1. The number of rotatable bonds is 4. The number of halogens is 1. The second kappa shape index (κ2) is 8.29. The smallest absolute Gasteiger partial charge is 0.191 e. The standard InChI is InChI=1S/C17H29N3O3S.HI/c21-24(22)8-7-12(11-24)10-18-17(19-13-3-1-2-4-13)20-15-9-14-5-6-16(15)23-14;/h12-16H,1-11H2,(H2,18,19,20);1H. The molecule has 3 aliphatic heterocycles. The summed E-state index contributed by atoms with van der Waals surface area (Å²) in [5, 5.41) is 7.16. The monoisotopic (exact) mass is 483 g/mol. The first-order valence-corrected chi connectivity index (χ1v) is 11.3. The highest BCUT2D eigenvalue weighted by Crippen LogP contribution is 2.34. The van der Waals surface area contributed by atoms with Crippen LogP contribution in [0.5, 0.6) is 0 Å². The maximum Gasteiger partial charge on any atom is 0.191 e. The van der Waals surface area contributed by atoms with Crippen molar-refractivity contribution in [3.05, 3.63) is 0 Å². The van der Waals surface area contributed by atoms with E-state index in [2.05, 4.69) is 10.6 Å². The fourth-order valence-corrected chi connectivity index (χ4v) is 6.45. The number of sulfone groups is 1. The molecule has 0 aromatic heterocycles. The van der Waals surface area contributed by atoms with Gasteiger partial charge in [-0.1, -0.05) is 12.8 Å². The van der Waals surface area contributed by atoms with E-state index in [9.17, 15) is 8.42 Å². The molecule has 0 spiro atoms. The van der Waals surface area contributed by atoms with E-state index in [1.807, 2.05) is 0 Å². The highest BCUT2D eigenvalue weighted by Gasteiger charge is 2.41. The third kappa shape index (κ3) is 5.00. The minimum Gasteiger partial charge on any atom is -0.373 e. The lowest BCUT2D eigenvalue weighted by molar-refractivity contribution is 0.0992. The number of fused-ring (bicyclic) bond motifs is 2. The zero-order valence-corrected chi connectivity index (χ0v) is 17.8. The molecule has 4 fully saturated rings. The maximum absolute atomic E-state index is 11.6. The SMILES string of the molecule is I.O=S1(=O)CCC(CN=C(NC2CCCC2)NC2CC3CCC2O3)C1. The Labute approximate surface area is 167 Å². The molecule has 8 heteroatoms. The molecule has 4 rings (SSSR count). The van der Waals surface area contributed by atoms with Crippen molar-refractivity contribution in [3.63, 3.8) is 0 Å². The fourth-order valence-electron chi connectivity index (χ4n) is 4.60. The Bertz CT molecular complexity index is 592. The van der Waals surface area contributed by atoms with Crippen molar-refractivity contribution in [2.24, 2.45) is 10.9 Å². The second-order valence-corrected chi connectivity index (χ2v) is 10.2. The van der Waals surface area contributed by atoms with Gasteiger partial charge in [-0.05, 0) is 44.4 Å². The average molecular weight is 483 g/mol. The highest BCUT2D eigenvalue weighted by molar-refractivity contribution is 14.0. The number of hydrogen-bond acceptors (Lipinski definition) is 4. The predicted molar refractivity (Wildman–Crippen MR) is 109 cm³/mol. The van der Waals surface area contributed by atoms with Gasteiger partial charge in [-0.2, -0.15) is 0 Å². The third-order valence-electron chi connectivity index (χ3n) is 5.96. The minimum absolute atomic E-state index is 0. The van der Waals surface area contributed by atoms with Gasteiger partial charge in [-0.25, -0.2) is 8.42 Å². The average Bonchev–Trinajstić information content (AvgIpc) is 3.29. The van der Waals surface area contributed by atoms with Gasteiger partial charge in [0.2, 0.25) is 0 Å². The number of guanidine groups is 1. The van der Waals surface area contributed by atoms with Gasteiger partial charge in [0.1, 0.15) is 0 Å². The van der Waals surface area contributed by atoms with Crippen molar-refractivity contribution in [2.75, 3.05) is 18.1 Å². The molecule has 25 heavy (non-hydrogen) atoms. The van der Waals surface area contributed by atoms with Gasteiger partial charge < -0.3 is 15.4 Å². The summed E-state index contributed by atoms with van der Waals surface area (Å²) in [6.07, 6.45) is 9.83. The van der Waals surface area contributed by atoms with E-state index in [4.69, 9.17) is 9.73 Å². The zero-order valence-electron chi connectivity index (χ0n) is 14.7. The van der Waals surface area contributed by atoms with E-state index in [1.54, 1.807) is 0 Å². The largest absolute Gasteiger partial charge is 0.373 e. The summed E-state index contributed by atoms with van der Waals surface area (Å²) in [7, 11) is -2.83. The van der Waals surface area contributed by atoms with Crippen molar-refractivity contribution in [2.45, 2.75) is 75.7 Å². The van der Waals surface area contributed by atoms with Crippen LogP contribution in [0.15, 0.2) is 4.99 Å². The third-order valence-corrected chi connectivity index (χ3v) is 7.80. The molecule has 0 amide bonds. The summed E-state index contributed by atoms with van der Waals surface area (Å²) < 4.78 is 29.2. The Kier molecular flexibility index (Phi) is 6.52. The van der Waals surface area contributed by atoms with Crippen LogP contribution in [0, 0.1) is 5.92 Å². The van der Waals surface area contributed by atoms with Crippen LogP contribution in [0.3, 0.4) is 0 Å². The fraction of sp³-hybridized carbons (Fsp3) is 0.941. The van der Waals surface area contributed by atoms with E-state index < -0.39 is 9.84 Å². The lowest BCUT2D eigenvalue weighted by Gasteiger charge is -2.25. The van der Waals surface area contributed by atoms with Crippen molar-refractivity contribution < 1.29 is 13.2 Å².